The summed E-state index contributed by atoms with van der Waals surface area (Å²) in [5, 5.41) is 11.8. The Balaban J connectivity index is 1.39. The molecule has 0 saturated carbocycles. The maximum Gasteiger partial charge on any atom is 0.276 e. The molecule has 0 atom stereocenters. The van der Waals surface area contributed by atoms with Gasteiger partial charge in [0.2, 0.25) is 0 Å². The molecule has 0 bridgehead atoms. The first kappa shape index (κ1) is 22.8. The zero-order chi connectivity index (χ0) is 23.5. The number of hydrogen-bond acceptors (Lipinski definition) is 4. The van der Waals surface area contributed by atoms with E-state index in [0.29, 0.717) is 17.9 Å². The van der Waals surface area contributed by atoms with Crippen molar-refractivity contribution in [2.24, 2.45) is 0 Å². The zero-order valence-electron chi connectivity index (χ0n) is 19.1. The van der Waals surface area contributed by atoms with Gasteiger partial charge in [0.05, 0.1) is 22.4 Å². The van der Waals surface area contributed by atoms with Crippen LogP contribution in [0.25, 0.3) is 0 Å². The first-order valence-corrected chi connectivity index (χ1v) is 11.4. The van der Waals surface area contributed by atoms with Crippen molar-refractivity contribution in [1.29, 1.82) is 0 Å². The van der Waals surface area contributed by atoms with Crippen LogP contribution in [-0.2, 0) is 13.3 Å². The number of amides is 1. The Kier molecular flexibility index (Phi) is 6.65. The van der Waals surface area contributed by atoms with Gasteiger partial charge < -0.3 is 10.1 Å². The van der Waals surface area contributed by atoms with Crippen LogP contribution in [0.1, 0.15) is 38.6 Å². The van der Waals surface area contributed by atoms with E-state index >= 15 is 0 Å². The van der Waals surface area contributed by atoms with Crippen LogP contribution in [0.2, 0.25) is 0 Å². The molecule has 0 unspecified atom stereocenters. The molecule has 8 heteroatoms. The number of carbonyl (C=O) groups is 1. The summed E-state index contributed by atoms with van der Waals surface area (Å²) in [5.74, 6) is 0.506. The lowest BCUT2D eigenvalue weighted by molar-refractivity contribution is 0.102. The minimum atomic E-state index is -0.272. The quantitative estimate of drug-likeness (QED) is 0.362. The standard InChI is InChI=1S/C25H26BrN5O2/c1-16-10-17(2)12-22(11-16)33-15-30-9-8-23(29-30)25(32)27-21-7-5-6-20(13-21)14-31-19(4)24(26)18(3)28-31/h5-13H,14-15H2,1-4H3,(H,27,32). The fraction of sp³-hybridized carbons (Fsp3) is 0.240. The second-order valence-corrected chi connectivity index (χ2v) is 8.93. The van der Waals surface area contributed by atoms with Crippen LogP contribution in [0.4, 0.5) is 5.69 Å². The van der Waals surface area contributed by atoms with Crippen molar-refractivity contribution >= 4 is 27.5 Å². The molecule has 0 aliphatic carbocycles. The van der Waals surface area contributed by atoms with Crippen molar-refractivity contribution < 1.29 is 9.53 Å². The van der Waals surface area contributed by atoms with Crippen LogP contribution in [-0.4, -0.2) is 25.5 Å². The summed E-state index contributed by atoms with van der Waals surface area (Å²) in [6, 6.07) is 15.5. The highest BCUT2D eigenvalue weighted by Gasteiger charge is 2.12. The van der Waals surface area contributed by atoms with Gasteiger partial charge in [-0.15, -0.1) is 0 Å². The Bertz CT molecular complexity index is 1290. The van der Waals surface area contributed by atoms with Gasteiger partial charge in [-0.1, -0.05) is 18.2 Å². The normalized spacial score (nSPS) is 10.9. The third-order valence-corrected chi connectivity index (χ3v) is 6.39. The van der Waals surface area contributed by atoms with E-state index in [-0.39, 0.29) is 12.6 Å². The number of ether oxygens (including phenoxy) is 1. The molecule has 1 N–H and O–H groups in total. The highest BCUT2D eigenvalue weighted by Crippen LogP contribution is 2.21. The van der Waals surface area contributed by atoms with E-state index in [1.807, 2.05) is 68.8 Å². The summed E-state index contributed by atoms with van der Waals surface area (Å²) in [6.07, 6.45) is 1.73. The molecule has 1 amide bonds. The van der Waals surface area contributed by atoms with Crippen LogP contribution in [0.3, 0.4) is 0 Å². The number of rotatable bonds is 7. The van der Waals surface area contributed by atoms with Crippen LogP contribution in [0.5, 0.6) is 5.75 Å². The van der Waals surface area contributed by atoms with E-state index in [1.165, 1.54) is 0 Å². The molecule has 0 aliphatic heterocycles. The number of carbonyl (C=O) groups excluding carboxylic acids is 1. The molecule has 0 saturated heterocycles. The molecule has 4 rings (SSSR count). The Morgan fingerprint density at radius 1 is 1.03 bits per heavy atom. The molecule has 0 fully saturated rings. The van der Waals surface area contributed by atoms with Gasteiger partial charge in [-0.25, -0.2) is 4.68 Å². The summed E-state index contributed by atoms with van der Waals surface area (Å²) in [4.78, 5) is 12.7. The third-order valence-electron chi connectivity index (χ3n) is 5.24. The van der Waals surface area contributed by atoms with Gasteiger partial charge >= 0.3 is 0 Å². The first-order chi connectivity index (χ1) is 15.8. The van der Waals surface area contributed by atoms with E-state index in [1.54, 1.807) is 16.9 Å². The number of benzene rings is 2. The number of nitrogens with one attached hydrogen (secondary N) is 1. The van der Waals surface area contributed by atoms with Gasteiger partial charge in [-0.2, -0.15) is 10.2 Å². The average molecular weight is 508 g/mol. The lowest BCUT2D eigenvalue weighted by Crippen LogP contribution is -2.14. The SMILES string of the molecule is Cc1cc(C)cc(OCn2ccc(C(=O)Nc3cccc(Cn4nc(C)c(Br)c4C)c3)n2)c1. The summed E-state index contributed by atoms with van der Waals surface area (Å²) in [5.41, 5.74) is 6.37. The van der Waals surface area contributed by atoms with Crippen molar-refractivity contribution in [3.8, 4) is 5.75 Å². The Morgan fingerprint density at radius 3 is 2.48 bits per heavy atom. The minimum absolute atomic E-state index is 0.226. The average Bonchev–Trinajstić information content (AvgIpc) is 3.33. The fourth-order valence-electron chi connectivity index (χ4n) is 3.66. The predicted molar refractivity (Wildman–Crippen MR) is 132 cm³/mol. The Morgan fingerprint density at radius 2 is 1.79 bits per heavy atom. The van der Waals surface area contributed by atoms with Crippen molar-refractivity contribution in [2.75, 3.05) is 5.32 Å². The largest absolute Gasteiger partial charge is 0.471 e. The van der Waals surface area contributed by atoms with Crippen molar-refractivity contribution in [2.45, 2.75) is 41.0 Å². The van der Waals surface area contributed by atoms with Crippen molar-refractivity contribution in [3.63, 3.8) is 0 Å². The van der Waals surface area contributed by atoms with Crippen LogP contribution in [0, 0.1) is 27.7 Å². The van der Waals surface area contributed by atoms with Crippen LogP contribution in [0.15, 0.2) is 59.2 Å². The molecule has 0 radical (unpaired) electrons. The summed E-state index contributed by atoms with van der Waals surface area (Å²) in [6.45, 7) is 8.89. The molecule has 2 aromatic heterocycles. The third kappa shape index (κ3) is 5.51. The summed E-state index contributed by atoms with van der Waals surface area (Å²) < 4.78 is 10.4. The summed E-state index contributed by atoms with van der Waals surface area (Å²) in [7, 11) is 0. The number of hydrogen-bond donors (Lipinski definition) is 1. The van der Waals surface area contributed by atoms with Gasteiger partial charge in [0, 0.05) is 11.9 Å². The van der Waals surface area contributed by atoms with E-state index in [4.69, 9.17) is 4.74 Å². The number of halogens is 1. The summed E-state index contributed by atoms with van der Waals surface area (Å²) >= 11 is 3.56. The number of anilines is 1. The van der Waals surface area contributed by atoms with Crippen molar-refractivity contribution in [3.05, 3.63) is 93.0 Å². The van der Waals surface area contributed by atoms with Gasteiger partial charge in [0.25, 0.3) is 5.91 Å². The molecule has 0 spiro atoms. The number of aryl methyl sites for hydroxylation is 3. The molecule has 0 aliphatic rings. The van der Waals surface area contributed by atoms with E-state index in [9.17, 15) is 4.79 Å². The molecule has 33 heavy (non-hydrogen) atoms. The lowest BCUT2D eigenvalue weighted by atomic mass is 10.1. The van der Waals surface area contributed by atoms with Crippen LogP contribution < -0.4 is 10.1 Å². The molecule has 4 aromatic rings. The Hall–Kier alpha value is -3.39. The second kappa shape index (κ2) is 9.62. The number of nitrogens with zero attached hydrogens (tertiary/aromatic N) is 4. The lowest BCUT2D eigenvalue weighted by Gasteiger charge is -2.09. The maximum absolute atomic E-state index is 12.7. The van der Waals surface area contributed by atoms with Gasteiger partial charge in [-0.3, -0.25) is 9.48 Å². The van der Waals surface area contributed by atoms with Gasteiger partial charge in [0.1, 0.15) is 5.75 Å². The molecule has 7 nitrogen and oxygen atoms in total. The highest BCUT2D eigenvalue weighted by molar-refractivity contribution is 9.10. The first-order valence-electron chi connectivity index (χ1n) is 10.6. The van der Waals surface area contributed by atoms with Gasteiger partial charge in [-0.05, 0) is 90.6 Å². The second-order valence-electron chi connectivity index (χ2n) is 8.13. The highest BCUT2D eigenvalue weighted by atomic mass is 79.9. The van der Waals surface area contributed by atoms with E-state index < -0.39 is 0 Å². The van der Waals surface area contributed by atoms with Crippen LogP contribution >= 0.6 is 15.9 Å². The van der Waals surface area contributed by atoms with E-state index in [0.717, 1.165) is 38.3 Å². The predicted octanol–water partition coefficient (Wildman–Crippen LogP) is 5.41. The van der Waals surface area contributed by atoms with Crippen molar-refractivity contribution in [1.82, 2.24) is 19.6 Å². The molecule has 2 heterocycles. The van der Waals surface area contributed by atoms with Gasteiger partial charge in [0.15, 0.2) is 12.4 Å². The van der Waals surface area contributed by atoms with E-state index in [2.05, 4.69) is 37.5 Å². The smallest absolute Gasteiger partial charge is 0.276 e. The molecular weight excluding hydrogens is 482 g/mol. The maximum atomic E-state index is 12.7. The minimum Gasteiger partial charge on any atom is -0.471 e. The molecule has 2 aromatic carbocycles. The fourth-order valence-corrected chi connectivity index (χ4v) is 3.94. The molecule has 170 valence electrons. The topological polar surface area (TPSA) is 74.0 Å². The molecular formula is C25H26BrN5O2. The Labute approximate surface area is 201 Å². The zero-order valence-corrected chi connectivity index (χ0v) is 20.7. The monoisotopic (exact) mass is 507 g/mol. The number of aromatic nitrogens is 4.